The molecule has 1 unspecified atom stereocenters. The van der Waals surface area contributed by atoms with Crippen molar-refractivity contribution in [1.82, 2.24) is 0 Å². The summed E-state index contributed by atoms with van der Waals surface area (Å²) in [5.74, 6) is -2.46. The van der Waals surface area contributed by atoms with Crippen molar-refractivity contribution in [1.29, 1.82) is 0 Å². The van der Waals surface area contributed by atoms with Gasteiger partial charge in [-0.3, -0.25) is 0 Å². The molecule has 0 heterocycles. The van der Waals surface area contributed by atoms with Gasteiger partial charge in [0.25, 0.3) is 6.17 Å². The Morgan fingerprint density at radius 2 is 1.57 bits per heavy atom. The van der Waals surface area contributed by atoms with Crippen LogP contribution in [-0.2, 0) is 4.74 Å². The van der Waals surface area contributed by atoms with Gasteiger partial charge in [-0.2, -0.15) is 22.0 Å². The monoisotopic (exact) mass is 506 g/mol. The van der Waals surface area contributed by atoms with E-state index in [1.165, 1.54) is 30.7 Å². The standard InChI is InChI=1S/C25H25F7O3/c1-2-3-15-4-11-19(12-5-15)34-22(33)17-8-6-16(7-9-17)18-10-13-21(20(26)14-18)35-25(31,32)23(27)24(28,29)30/h6-10,13-15,19,23H,2-5,11-12H2,1H3. The first-order valence-corrected chi connectivity index (χ1v) is 11.3. The minimum atomic E-state index is -5.88. The Hall–Kier alpha value is -2.78. The minimum absolute atomic E-state index is 0.142. The third kappa shape index (κ3) is 6.89. The third-order valence-corrected chi connectivity index (χ3v) is 5.98. The second-order valence-electron chi connectivity index (χ2n) is 8.63. The van der Waals surface area contributed by atoms with Crippen molar-refractivity contribution in [2.24, 2.45) is 5.92 Å². The molecular formula is C25H25F7O3. The first-order valence-electron chi connectivity index (χ1n) is 11.3. The molecule has 0 spiro atoms. The highest BCUT2D eigenvalue weighted by molar-refractivity contribution is 5.90. The van der Waals surface area contributed by atoms with E-state index in [0.717, 1.165) is 44.2 Å². The summed E-state index contributed by atoms with van der Waals surface area (Å²) < 4.78 is 100. The van der Waals surface area contributed by atoms with Crippen LogP contribution in [-0.4, -0.2) is 30.5 Å². The summed E-state index contributed by atoms with van der Waals surface area (Å²) in [7, 11) is 0. The second-order valence-corrected chi connectivity index (χ2v) is 8.63. The normalized spacial score (nSPS) is 19.8. The van der Waals surface area contributed by atoms with Crippen LogP contribution in [0.1, 0.15) is 55.8 Å². The van der Waals surface area contributed by atoms with E-state index in [1.807, 2.05) is 0 Å². The molecule has 35 heavy (non-hydrogen) atoms. The molecule has 0 saturated heterocycles. The number of carbonyl (C=O) groups excluding carboxylic acids is 1. The molecule has 1 fully saturated rings. The number of hydrogen-bond acceptors (Lipinski definition) is 3. The predicted molar refractivity (Wildman–Crippen MR) is 114 cm³/mol. The topological polar surface area (TPSA) is 35.5 Å². The molecular weight excluding hydrogens is 481 g/mol. The summed E-state index contributed by atoms with van der Waals surface area (Å²) in [6, 6.07) is 8.46. The van der Waals surface area contributed by atoms with Crippen molar-refractivity contribution in [3.8, 4) is 16.9 Å². The molecule has 0 aliphatic heterocycles. The highest BCUT2D eigenvalue weighted by atomic mass is 19.4. The van der Waals surface area contributed by atoms with Crippen molar-refractivity contribution in [2.75, 3.05) is 0 Å². The van der Waals surface area contributed by atoms with Crippen LogP contribution in [0.25, 0.3) is 11.1 Å². The first kappa shape index (κ1) is 26.8. The Kier molecular flexibility index (Phi) is 8.33. The van der Waals surface area contributed by atoms with E-state index < -0.39 is 36.0 Å². The third-order valence-electron chi connectivity index (χ3n) is 5.98. The summed E-state index contributed by atoms with van der Waals surface area (Å²) >= 11 is 0. The first-order chi connectivity index (χ1) is 16.4. The van der Waals surface area contributed by atoms with Crippen LogP contribution in [0.3, 0.4) is 0 Å². The van der Waals surface area contributed by atoms with E-state index in [9.17, 15) is 35.5 Å². The molecule has 1 aliphatic rings. The number of esters is 1. The number of alkyl halides is 6. The van der Waals surface area contributed by atoms with E-state index in [1.54, 1.807) is 0 Å². The summed E-state index contributed by atoms with van der Waals surface area (Å²) in [5, 5.41) is 0. The average Bonchev–Trinajstić information content (AvgIpc) is 2.80. The number of benzene rings is 2. The van der Waals surface area contributed by atoms with E-state index >= 15 is 0 Å². The molecule has 192 valence electrons. The van der Waals surface area contributed by atoms with Crippen LogP contribution in [0.15, 0.2) is 42.5 Å². The van der Waals surface area contributed by atoms with Crippen molar-refractivity contribution in [2.45, 2.75) is 70.0 Å². The Morgan fingerprint density at radius 1 is 0.971 bits per heavy atom. The van der Waals surface area contributed by atoms with Crippen LogP contribution >= 0.6 is 0 Å². The molecule has 0 bridgehead atoms. The molecule has 0 amide bonds. The van der Waals surface area contributed by atoms with Gasteiger partial charge in [0.1, 0.15) is 6.10 Å². The van der Waals surface area contributed by atoms with Gasteiger partial charge >= 0.3 is 18.3 Å². The zero-order valence-electron chi connectivity index (χ0n) is 18.9. The lowest BCUT2D eigenvalue weighted by Gasteiger charge is -2.28. The largest absolute Gasteiger partial charge is 0.459 e. The smallest absolute Gasteiger partial charge is 0.439 e. The Bertz CT molecular complexity index is 997. The van der Waals surface area contributed by atoms with Crippen LogP contribution < -0.4 is 4.74 Å². The molecule has 0 radical (unpaired) electrons. The van der Waals surface area contributed by atoms with Gasteiger partial charge < -0.3 is 9.47 Å². The van der Waals surface area contributed by atoms with Gasteiger partial charge in [0.05, 0.1) is 5.56 Å². The van der Waals surface area contributed by atoms with Gasteiger partial charge in [0, 0.05) is 0 Å². The maximum atomic E-state index is 14.2. The number of rotatable bonds is 8. The van der Waals surface area contributed by atoms with Gasteiger partial charge in [-0.15, -0.1) is 0 Å². The lowest BCUT2D eigenvalue weighted by Crippen LogP contribution is -2.45. The summed E-state index contributed by atoms with van der Waals surface area (Å²) in [6.07, 6.45) is -9.99. The molecule has 1 saturated carbocycles. The predicted octanol–water partition coefficient (Wildman–Crippen LogP) is 7.88. The highest BCUT2D eigenvalue weighted by Gasteiger charge is 2.59. The van der Waals surface area contributed by atoms with Gasteiger partial charge in [-0.1, -0.05) is 38.0 Å². The fraction of sp³-hybridized carbons (Fsp3) is 0.480. The molecule has 2 aromatic carbocycles. The maximum absolute atomic E-state index is 14.2. The minimum Gasteiger partial charge on any atom is -0.459 e. The average molecular weight is 506 g/mol. The molecule has 1 atom stereocenters. The maximum Gasteiger partial charge on any atom is 0.439 e. The van der Waals surface area contributed by atoms with Crippen LogP contribution in [0, 0.1) is 11.7 Å². The van der Waals surface area contributed by atoms with Gasteiger partial charge in [-0.25, -0.2) is 13.6 Å². The molecule has 2 aromatic rings. The zero-order valence-corrected chi connectivity index (χ0v) is 18.9. The molecule has 0 N–H and O–H groups in total. The van der Waals surface area contributed by atoms with Crippen molar-refractivity contribution >= 4 is 5.97 Å². The quantitative estimate of drug-likeness (QED) is 0.270. The SMILES string of the molecule is CCCC1CCC(OC(=O)c2ccc(-c3ccc(OC(F)(F)C(F)C(F)(F)F)c(F)c3)cc2)CC1. The lowest BCUT2D eigenvalue weighted by molar-refractivity contribution is -0.305. The van der Waals surface area contributed by atoms with Crippen LogP contribution in [0.5, 0.6) is 5.75 Å². The fourth-order valence-electron chi connectivity index (χ4n) is 4.12. The van der Waals surface area contributed by atoms with Crippen molar-refractivity contribution in [3.63, 3.8) is 0 Å². The van der Waals surface area contributed by atoms with Crippen molar-refractivity contribution < 1.29 is 45.0 Å². The Morgan fingerprint density at radius 3 is 2.11 bits per heavy atom. The summed E-state index contributed by atoms with van der Waals surface area (Å²) in [4.78, 5) is 12.4. The zero-order chi connectivity index (χ0) is 25.8. The van der Waals surface area contributed by atoms with Gasteiger partial charge in [0.15, 0.2) is 11.6 Å². The fourth-order valence-corrected chi connectivity index (χ4v) is 4.12. The number of ether oxygens (including phenoxy) is 2. The van der Waals surface area contributed by atoms with Gasteiger partial charge in [0.2, 0.25) is 0 Å². The molecule has 0 aromatic heterocycles. The highest BCUT2D eigenvalue weighted by Crippen LogP contribution is 2.38. The van der Waals surface area contributed by atoms with Crippen LogP contribution in [0.2, 0.25) is 0 Å². The molecule has 3 rings (SSSR count). The lowest BCUT2D eigenvalue weighted by atomic mass is 9.85. The van der Waals surface area contributed by atoms with Gasteiger partial charge in [-0.05, 0) is 67.0 Å². The van der Waals surface area contributed by atoms with E-state index in [-0.39, 0.29) is 17.2 Å². The molecule has 10 heteroatoms. The summed E-state index contributed by atoms with van der Waals surface area (Å²) in [6.45, 7) is 2.14. The Labute approximate surface area is 198 Å². The van der Waals surface area contributed by atoms with E-state index in [4.69, 9.17) is 4.74 Å². The Balaban J connectivity index is 1.63. The van der Waals surface area contributed by atoms with Crippen LogP contribution in [0.4, 0.5) is 30.7 Å². The number of hydrogen-bond donors (Lipinski definition) is 0. The number of halogens is 7. The van der Waals surface area contributed by atoms with E-state index in [2.05, 4.69) is 11.7 Å². The van der Waals surface area contributed by atoms with E-state index in [0.29, 0.717) is 17.5 Å². The molecule has 3 nitrogen and oxygen atoms in total. The van der Waals surface area contributed by atoms with Crippen molar-refractivity contribution in [3.05, 3.63) is 53.8 Å². The number of carbonyl (C=O) groups is 1. The molecule has 1 aliphatic carbocycles. The summed E-state index contributed by atoms with van der Waals surface area (Å²) in [5.41, 5.74) is 0.864. The second kappa shape index (κ2) is 10.9.